The Hall–Kier alpha value is -0.300. The van der Waals surface area contributed by atoms with Gasteiger partial charge in [-0.1, -0.05) is 26.8 Å². The van der Waals surface area contributed by atoms with E-state index < -0.39 is 0 Å². The molecule has 1 heteroatoms. The molecule has 0 aromatic rings. The lowest BCUT2D eigenvalue weighted by atomic mass is 10.2. The van der Waals surface area contributed by atoms with E-state index in [4.69, 9.17) is 0 Å². The van der Waals surface area contributed by atoms with E-state index in [1.54, 1.807) is 0 Å². The molecular weight excluding hydrogens is 122 g/mol. The number of hydrogen-bond donors (Lipinski definition) is 0. The molecule has 0 amide bonds. The van der Waals surface area contributed by atoms with Crippen molar-refractivity contribution in [1.29, 1.82) is 0 Å². The van der Waals surface area contributed by atoms with Gasteiger partial charge in [0.05, 0.1) is 0 Å². The Labute approximate surface area is 64.7 Å². The van der Waals surface area contributed by atoms with Crippen LogP contribution in [-0.2, 0) is 0 Å². The summed E-state index contributed by atoms with van der Waals surface area (Å²) in [4.78, 5) is 2.41. The fourth-order valence-corrected chi connectivity index (χ4v) is 0.964. The maximum atomic E-state index is 3.76. The molecule has 0 radical (unpaired) electrons. The van der Waals surface area contributed by atoms with E-state index in [1.807, 2.05) is 6.08 Å². The Morgan fingerprint density at radius 3 is 2.20 bits per heavy atom. The van der Waals surface area contributed by atoms with Crippen molar-refractivity contribution >= 4 is 0 Å². The molecule has 0 aliphatic carbocycles. The number of rotatable bonds is 5. The molecule has 1 unspecified atom stereocenters. The van der Waals surface area contributed by atoms with Crippen LogP contribution in [0.5, 0.6) is 0 Å². The Kier molecular flexibility index (Phi) is 5.32. The van der Waals surface area contributed by atoms with Crippen LogP contribution in [0.15, 0.2) is 12.7 Å². The van der Waals surface area contributed by atoms with E-state index in [-0.39, 0.29) is 0 Å². The first-order valence-corrected chi connectivity index (χ1v) is 4.09. The van der Waals surface area contributed by atoms with E-state index in [2.05, 4.69) is 32.3 Å². The zero-order valence-corrected chi connectivity index (χ0v) is 7.43. The van der Waals surface area contributed by atoms with E-state index >= 15 is 0 Å². The van der Waals surface area contributed by atoms with Gasteiger partial charge in [-0.15, -0.1) is 6.58 Å². The molecule has 0 bridgehead atoms. The van der Waals surface area contributed by atoms with Crippen molar-refractivity contribution in [2.75, 3.05) is 19.6 Å². The lowest BCUT2D eigenvalue weighted by molar-refractivity contribution is 0.280. The van der Waals surface area contributed by atoms with Crippen LogP contribution in [0.2, 0.25) is 0 Å². The molecule has 0 rings (SSSR count). The lowest BCUT2D eigenvalue weighted by Crippen LogP contribution is -2.27. The second-order valence-electron chi connectivity index (χ2n) is 2.70. The molecule has 0 aromatic carbocycles. The topological polar surface area (TPSA) is 3.24 Å². The normalized spacial score (nSPS) is 13.6. The molecule has 0 heterocycles. The number of hydrogen-bond acceptors (Lipinski definition) is 1. The summed E-state index contributed by atoms with van der Waals surface area (Å²) < 4.78 is 0. The Morgan fingerprint density at radius 1 is 1.40 bits per heavy atom. The van der Waals surface area contributed by atoms with Gasteiger partial charge in [-0.2, -0.15) is 0 Å². The molecule has 0 aliphatic heterocycles. The third-order valence-electron chi connectivity index (χ3n) is 1.84. The first kappa shape index (κ1) is 9.70. The highest BCUT2D eigenvalue weighted by molar-refractivity contribution is 4.77. The summed E-state index contributed by atoms with van der Waals surface area (Å²) >= 11 is 0. The number of nitrogens with zero attached hydrogens (tertiary/aromatic N) is 1. The van der Waals surface area contributed by atoms with Crippen molar-refractivity contribution < 1.29 is 0 Å². The monoisotopic (exact) mass is 141 g/mol. The molecule has 60 valence electrons. The van der Waals surface area contributed by atoms with Gasteiger partial charge in [0, 0.05) is 6.54 Å². The predicted molar refractivity (Wildman–Crippen MR) is 47.1 cm³/mol. The minimum Gasteiger partial charge on any atom is -0.303 e. The Morgan fingerprint density at radius 2 is 1.90 bits per heavy atom. The van der Waals surface area contributed by atoms with Crippen LogP contribution in [0.3, 0.4) is 0 Å². The van der Waals surface area contributed by atoms with Crippen LogP contribution in [0, 0.1) is 5.92 Å². The van der Waals surface area contributed by atoms with Gasteiger partial charge in [-0.25, -0.2) is 0 Å². The summed E-state index contributed by atoms with van der Waals surface area (Å²) in [5.74, 6) is 0.625. The van der Waals surface area contributed by atoms with Crippen molar-refractivity contribution in [3.63, 3.8) is 0 Å². The smallest absolute Gasteiger partial charge is 0.00413 e. The minimum absolute atomic E-state index is 0.625. The van der Waals surface area contributed by atoms with Gasteiger partial charge in [0.2, 0.25) is 0 Å². The molecule has 0 saturated carbocycles. The van der Waals surface area contributed by atoms with E-state index in [0.717, 1.165) is 19.6 Å². The van der Waals surface area contributed by atoms with Crippen molar-refractivity contribution in [3.8, 4) is 0 Å². The van der Waals surface area contributed by atoms with Crippen molar-refractivity contribution in [3.05, 3.63) is 12.7 Å². The average Bonchev–Trinajstić information content (AvgIpc) is 1.99. The van der Waals surface area contributed by atoms with Crippen molar-refractivity contribution in [1.82, 2.24) is 4.90 Å². The van der Waals surface area contributed by atoms with Crippen molar-refractivity contribution in [2.45, 2.75) is 20.8 Å². The summed E-state index contributed by atoms with van der Waals surface area (Å²) in [5, 5.41) is 0. The van der Waals surface area contributed by atoms with Gasteiger partial charge >= 0.3 is 0 Å². The first-order valence-electron chi connectivity index (χ1n) is 4.09. The van der Waals surface area contributed by atoms with Gasteiger partial charge in [0.25, 0.3) is 0 Å². The van der Waals surface area contributed by atoms with Gasteiger partial charge in [-0.05, 0) is 19.0 Å². The fourth-order valence-electron chi connectivity index (χ4n) is 0.964. The maximum Gasteiger partial charge on any atom is 0.00413 e. The summed E-state index contributed by atoms with van der Waals surface area (Å²) in [5.41, 5.74) is 0. The summed E-state index contributed by atoms with van der Waals surface area (Å²) in [6, 6.07) is 0. The maximum absolute atomic E-state index is 3.76. The Bertz CT molecular complexity index is 84.7. The van der Waals surface area contributed by atoms with Gasteiger partial charge in [0.15, 0.2) is 0 Å². The third kappa shape index (κ3) is 3.67. The highest BCUT2D eigenvalue weighted by Crippen LogP contribution is 1.99. The largest absolute Gasteiger partial charge is 0.303 e. The third-order valence-corrected chi connectivity index (χ3v) is 1.84. The summed E-state index contributed by atoms with van der Waals surface area (Å²) in [6.07, 6.45) is 2.01. The summed E-state index contributed by atoms with van der Waals surface area (Å²) in [7, 11) is 0. The molecule has 1 nitrogen and oxygen atoms in total. The quantitative estimate of drug-likeness (QED) is 0.530. The molecule has 0 aromatic heterocycles. The van der Waals surface area contributed by atoms with E-state index in [9.17, 15) is 0 Å². The molecule has 1 atom stereocenters. The van der Waals surface area contributed by atoms with Crippen LogP contribution in [-0.4, -0.2) is 24.5 Å². The molecule has 0 fully saturated rings. The lowest BCUT2D eigenvalue weighted by Gasteiger charge is -2.20. The van der Waals surface area contributed by atoms with E-state index in [0.29, 0.717) is 5.92 Å². The standard InChI is InChI=1S/C9H19N/c1-5-9(4)8-10(6-2)7-3/h5,9H,1,6-8H2,2-4H3. The minimum atomic E-state index is 0.625. The second kappa shape index (κ2) is 5.48. The zero-order chi connectivity index (χ0) is 7.98. The van der Waals surface area contributed by atoms with Gasteiger partial charge in [-0.3, -0.25) is 0 Å². The van der Waals surface area contributed by atoms with Crippen LogP contribution in [0.4, 0.5) is 0 Å². The molecule has 0 spiro atoms. The highest BCUT2D eigenvalue weighted by Gasteiger charge is 2.01. The second-order valence-corrected chi connectivity index (χ2v) is 2.70. The predicted octanol–water partition coefficient (Wildman–Crippen LogP) is 2.15. The molecule has 0 aliphatic rings. The first-order chi connectivity index (χ1) is 4.74. The molecule has 10 heavy (non-hydrogen) atoms. The SMILES string of the molecule is C=CC(C)CN(CC)CC. The highest BCUT2D eigenvalue weighted by atomic mass is 15.1. The molecule has 0 N–H and O–H groups in total. The van der Waals surface area contributed by atoms with Gasteiger partial charge in [0.1, 0.15) is 0 Å². The van der Waals surface area contributed by atoms with Crippen LogP contribution in [0.1, 0.15) is 20.8 Å². The van der Waals surface area contributed by atoms with Gasteiger partial charge < -0.3 is 4.90 Å². The Balaban J connectivity index is 3.51. The molecular formula is C9H19N. The zero-order valence-electron chi connectivity index (χ0n) is 7.43. The average molecular weight is 141 g/mol. The van der Waals surface area contributed by atoms with Crippen LogP contribution < -0.4 is 0 Å². The van der Waals surface area contributed by atoms with Crippen LogP contribution in [0.25, 0.3) is 0 Å². The van der Waals surface area contributed by atoms with Crippen molar-refractivity contribution in [2.24, 2.45) is 5.92 Å². The van der Waals surface area contributed by atoms with E-state index in [1.165, 1.54) is 0 Å². The molecule has 0 saturated heterocycles. The summed E-state index contributed by atoms with van der Waals surface area (Å²) in [6.45, 7) is 13.8. The van der Waals surface area contributed by atoms with Crippen LogP contribution >= 0.6 is 0 Å². The fraction of sp³-hybridized carbons (Fsp3) is 0.778.